The Bertz CT molecular complexity index is 586. The van der Waals surface area contributed by atoms with Crippen LogP contribution in [-0.4, -0.2) is 16.8 Å². The average Bonchev–Trinajstić information content (AvgIpc) is 2.74. The van der Waals surface area contributed by atoms with E-state index in [-0.39, 0.29) is 12.8 Å². The standard InChI is InChI=1S/C11H8BrN3O3/c12-9-4-10(13)15-11(14-9)18-6-1-2-7-8(3-6)17-5-16-7/h1-4H,5H2,(H2,13,14,15). The number of hydrogen-bond acceptors (Lipinski definition) is 6. The molecule has 1 aliphatic heterocycles. The van der Waals surface area contributed by atoms with E-state index in [1.54, 1.807) is 24.3 Å². The third kappa shape index (κ3) is 2.17. The Hall–Kier alpha value is -2.02. The van der Waals surface area contributed by atoms with Gasteiger partial charge in [-0.15, -0.1) is 0 Å². The van der Waals surface area contributed by atoms with Crippen molar-refractivity contribution in [2.24, 2.45) is 0 Å². The molecule has 0 aliphatic carbocycles. The molecule has 18 heavy (non-hydrogen) atoms. The summed E-state index contributed by atoms with van der Waals surface area (Å²) in [6.07, 6.45) is 0. The summed E-state index contributed by atoms with van der Waals surface area (Å²) in [6, 6.07) is 6.98. The van der Waals surface area contributed by atoms with Gasteiger partial charge in [0.1, 0.15) is 16.2 Å². The Labute approximate surface area is 111 Å². The summed E-state index contributed by atoms with van der Waals surface area (Å²) in [5.74, 6) is 2.21. The second kappa shape index (κ2) is 4.34. The van der Waals surface area contributed by atoms with Gasteiger partial charge in [0.2, 0.25) is 6.79 Å². The lowest BCUT2D eigenvalue weighted by Gasteiger charge is -2.05. The number of hydrogen-bond donors (Lipinski definition) is 1. The molecule has 0 atom stereocenters. The van der Waals surface area contributed by atoms with Crippen molar-refractivity contribution in [3.8, 4) is 23.3 Å². The zero-order chi connectivity index (χ0) is 12.5. The number of nitrogen functional groups attached to an aromatic ring is 1. The summed E-state index contributed by atoms with van der Waals surface area (Å²) in [6.45, 7) is 0.221. The number of rotatable bonds is 2. The van der Waals surface area contributed by atoms with Crippen molar-refractivity contribution < 1.29 is 14.2 Å². The molecule has 0 radical (unpaired) electrons. The third-order valence-corrected chi connectivity index (χ3v) is 2.65. The van der Waals surface area contributed by atoms with Gasteiger partial charge in [-0.05, 0) is 28.1 Å². The van der Waals surface area contributed by atoms with E-state index in [9.17, 15) is 0 Å². The molecule has 0 fully saturated rings. The smallest absolute Gasteiger partial charge is 0.325 e. The minimum atomic E-state index is 0.167. The molecule has 0 bridgehead atoms. The van der Waals surface area contributed by atoms with Crippen LogP contribution in [0.25, 0.3) is 0 Å². The molecule has 1 aromatic heterocycles. The van der Waals surface area contributed by atoms with E-state index < -0.39 is 0 Å². The van der Waals surface area contributed by atoms with E-state index in [1.807, 2.05) is 0 Å². The molecule has 2 N–H and O–H groups in total. The van der Waals surface area contributed by atoms with Gasteiger partial charge < -0.3 is 19.9 Å². The number of anilines is 1. The molecule has 7 heteroatoms. The van der Waals surface area contributed by atoms with Crippen molar-refractivity contribution in [1.29, 1.82) is 0 Å². The second-order valence-electron chi connectivity index (χ2n) is 3.52. The highest BCUT2D eigenvalue weighted by atomic mass is 79.9. The Kier molecular flexibility index (Phi) is 2.67. The van der Waals surface area contributed by atoms with Crippen LogP contribution in [0.15, 0.2) is 28.9 Å². The van der Waals surface area contributed by atoms with Crippen molar-refractivity contribution >= 4 is 21.7 Å². The van der Waals surface area contributed by atoms with Crippen molar-refractivity contribution in [2.45, 2.75) is 0 Å². The largest absolute Gasteiger partial charge is 0.454 e. The SMILES string of the molecule is Nc1cc(Br)nc(Oc2ccc3c(c2)OCO3)n1. The van der Waals surface area contributed by atoms with Crippen LogP contribution in [0, 0.1) is 0 Å². The third-order valence-electron chi connectivity index (χ3n) is 2.25. The normalized spacial score (nSPS) is 12.5. The Balaban J connectivity index is 1.88. The fraction of sp³-hybridized carbons (Fsp3) is 0.0909. The van der Waals surface area contributed by atoms with Gasteiger partial charge in [-0.3, -0.25) is 0 Å². The van der Waals surface area contributed by atoms with E-state index in [0.29, 0.717) is 27.7 Å². The molecule has 92 valence electrons. The van der Waals surface area contributed by atoms with Crippen molar-refractivity contribution in [3.63, 3.8) is 0 Å². The maximum absolute atomic E-state index is 5.60. The summed E-state index contributed by atoms with van der Waals surface area (Å²) >= 11 is 3.22. The number of fused-ring (bicyclic) bond motifs is 1. The highest BCUT2D eigenvalue weighted by molar-refractivity contribution is 9.10. The molecular formula is C11H8BrN3O3. The van der Waals surface area contributed by atoms with E-state index in [0.717, 1.165) is 0 Å². The molecule has 0 unspecified atom stereocenters. The molecule has 0 spiro atoms. The maximum Gasteiger partial charge on any atom is 0.325 e. The summed E-state index contributed by atoms with van der Waals surface area (Å²) in [4.78, 5) is 8.02. The molecule has 0 saturated carbocycles. The van der Waals surface area contributed by atoms with Crippen molar-refractivity contribution in [1.82, 2.24) is 9.97 Å². The number of ether oxygens (including phenoxy) is 3. The van der Waals surface area contributed by atoms with Gasteiger partial charge in [0.05, 0.1) is 0 Å². The van der Waals surface area contributed by atoms with Gasteiger partial charge in [-0.2, -0.15) is 9.97 Å². The van der Waals surface area contributed by atoms with E-state index in [2.05, 4.69) is 25.9 Å². The Morgan fingerprint density at radius 3 is 2.83 bits per heavy atom. The van der Waals surface area contributed by atoms with Crippen LogP contribution in [0.5, 0.6) is 23.3 Å². The first-order valence-corrected chi connectivity index (χ1v) is 5.87. The lowest BCUT2D eigenvalue weighted by molar-refractivity contribution is 0.174. The van der Waals surface area contributed by atoms with Crippen LogP contribution >= 0.6 is 15.9 Å². The first-order chi connectivity index (χ1) is 8.70. The summed E-state index contributed by atoms with van der Waals surface area (Å²) < 4.78 is 16.5. The van der Waals surface area contributed by atoms with Gasteiger partial charge in [-0.25, -0.2) is 0 Å². The summed E-state index contributed by atoms with van der Waals surface area (Å²) in [7, 11) is 0. The fourth-order valence-electron chi connectivity index (χ4n) is 1.50. The predicted molar refractivity (Wildman–Crippen MR) is 66.8 cm³/mol. The maximum atomic E-state index is 5.60. The quantitative estimate of drug-likeness (QED) is 0.858. The van der Waals surface area contributed by atoms with Gasteiger partial charge >= 0.3 is 6.01 Å². The molecule has 0 saturated heterocycles. The second-order valence-corrected chi connectivity index (χ2v) is 4.33. The van der Waals surface area contributed by atoms with Crippen LogP contribution in [0.4, 0.5) is 5.82 Å². The lowest BCUT2D eigenvalue weighted by atomic mass is 10.3. The van der Waals surface area contributed by atoms with E-state index in [1.165, 1.54) is 0 Å². The van der Waals surface area contributed by atoms with Crippen LogP contribution in [0.1, 0.15) is 0 Å². The van der Waals surface area contributed by atoms with Crippen LogP contribution in [0.2, 0.25) is 0 Å². The highest BCUT2D eigenvalue weighted by Crippen LogP contribution is 2.36. The van der Waals surface area contributed by atoms with Gasteiger partial charge in [-0.1, -0.05) is 0 Å². The summed E-state index contributed by atoms with van der Waals surface area (Å²) in [5, 5.41) is 0. The molecule has 3 rings (SSSR count). The van der Waals surface area contributed by atoms with Crippen LogP contribution in [0.3, 0.4) is 0 Å². The molecule has 2 aromatic rings. The van der Waals surface area contributed by atoms with Gasteiger partial charge in [0, 0.05) is 12.1 Å². The lowest BCUT2D eigenvalue weighted by Crippen LogP contribution is -1.97. The number of benzene rings is 1. The van der Waals surface area contributed by atoms with Gasteiger partial charge in [0.15, 0.2) is 11.5 Å². The fourth-order valence-corrected chi connectivity index (χ4v) is 1.89. The predicted octanol–water partition coefficient (Wildman–Crippen LogP) is 2.34. The topological polar surface area (TPSA) is 79.5 Å². The molecule has 1 aliphatic rings. The van der Waals surface area contributed by atoms with Crippen LogP contribution < -0.4 is 19.9 Å². The zero-order valence-corrected chi connectivity index (χ0v) is 10.7. The highest BCUT2D eigenvalue weighted by Gasteiger charge is 2.14. The molecule has 2 heterocycles. The monoisotopic (exact) mass is 309 g/mol. The molecular weight excluding hydrogens is 302 g/mol. The van der Waals surface area contributed by atoms with E-state index in [4.69, 9.17) is 19.9 Å². The van der Waals surface area contributed by atoms with Gasteiger partial charge in [0.25, 0.3) is 0 Å². The Morgan fingerprint density at radius 2 is 2.00 bits per heavy atom. The first-order valence-electron chi connectivity index (χ1n) is 5.08. The van der Waals surface area contributed by atoms with E-state index >= 15 is 0 Å². The number of halogens is 1. The van der Waals surface area contributed by atoms with Crippen molar-refractivity contribution in [2.75, 3.05) is 12.5 Å². The molecule has 6 nitrogen and oxygen atoms in total. The van der Waals surface area contributed by atoms with Crippen molar-refractivity contribution in [3.05, 3.63) is 28.9 Å². The number of nitrogens with two attached hydrogens (primary N) is 1. The zero-order valence-electron chi connectivity index (χ0n) is 9.09. The molecule has 0 amide bonds. The number of aromatic nitrogens is 2. The minimum absolute atomic E-state index is 0.167. The average molecular weight is 310 g/mol. The Morgan fingerprint density at radius 1 is 1.17 bits per heavy atom. The first kappa shape index (κ1) is 11.1. The number of nitrogens with zero attached hydrogens (tertiary/aromatic N) is 2. The minimum Gasteiger partial charge on any atom is -0.454 e. The van der Waals surface area contributed by atoms with Crippen LogP contribution in [-0.2, 0) is 0 Å². The summed E-state index contributed by atoms with van der Waals surface area (Å²) in [5.41, 5.74) is 5.60. The molecule has 1 aromatic carbocycles.